The lowest BCUT2D eigenvalue weighted by atomic mass is 9.99. The molecule has 1 heterocycles. The lowest BCUT2D eigenvalue weighted by Gasteiger charge is -2.18. The second-order valence-electron chi connectivity index (χ2n) is 4.99. The van der Waals surface area contributed by atoms with Crippen molar-refractivity contribution in [3.05, 3.63) is 55.4 Å². The predicted molar refractivity (Wildman–Crippen MR) is 88.0 cm³/mol. The molecule has 0 bridgehead atoms. The van der Waals surface area contributed by atoms with E-state index in [1.807, 2.05) is 13.0 Å². The molecule has 2 rings (SSSR count). The maximum Gasteiger partial charge on any atom is 0.123 e. The first-order chi connectivity index (χ1) is 9.51. The van der Waals surface area contributed by atoms with Crippen molar-refractivity contribution in [3.63, 3.8) is 0 Å². The molecule has 4 heteroatoms. The van der Waals surface area contributed by atoms with E-state index in [0.29, 0.717) is 0 Å². The van der Waals surface area contributed by atoms with Crippen molar-refractivity contribution in [2.75, 3.05) is 6.54 Å². The van der Waals surface area contributed by atoms with Crippen molar-refractivity contribution in [1.29, 1.82) is 0 Å². The summed E-state index contributed by atoms with van der Waals surface area (Å²) in [4.78, 5) is 1.29. The fraction of sp³-hybridized carbons (Fsp3) is 0.375. The van der Waals surface area contributed by atoms with Gasteiger partial charge in [-0.15, -0.1) is 11.3 Å². The molecule has 0 radical (unpaired) electrons. The third-order valence-corrected chi connectivity index (χ3v) is 5.66. The van der Waals surface area contributed by atoms with Crippen molar-refractivity contribution in [3.8, 4) is 0 Å². The topological polar surface area (TPSA) is 12.0 Å². The maximum absolute atomic E-state index is 13.4. The molecule has 2 aromatic rings. The van der Waals surface area contributed by atoms with E-state index in [9.17, 15) is 4.39 Å². The Balaban J connectivity index is 2.27. The van der Waals surface area contributed by atoms with Crippen molar-refractivity contribution >= 4 is 27.3 Å². The van der Waals surface area contributed by atoms with Crippen LogP contribution < -0.4 is 5.32 Å². The van der Waals surface area contributed by atoms with Crippen LogP contribution in [-0.4, -0.2) is 6.54 Å². The van der Waals surface area contributed by atoms with Crippen LogP contribution in [0.2, 0.25) is 0 Å². The van der Waals surface area contributed by atoms with Gasteiger partial charge in [-0.3, -0.25) is 0 Å². The molecule has 1 unspecified atom stereocenters. The smallest absolute Gasteiger partial charge is 0.123 e. The first-order valence-corrected chi connectivity index (χ1v) is 8.36. The quantitative estimate of drug-likeness (QED) is 0.780. The molecule has 0 fully saturated rings. The number of hydrogen-bond acceptors (Lipinski definition) is 2. The number of aryl methyl sites for hydroxylation is 2. The minimum absolute atomic E-state index is 0.163. The molecule has 0 aliphatic carbocycles. The maximum atomic E-state index is 13.4. The second kappa shape index (κ2) is 6.83. The first-order valence-electron chi connectivity index (χ1n) is 6.75. The molecule has 0 amide bonds. The van der Waals surface area contributed by atoms with E-state index in [2.05, 4.69) is 41.2 Å². The number of rotatable bonds is 5. The summed E-state index contributed by atoms with van der Waals surface area (Å²) in [6, 6.07) is 7.46. The van der Waals surface area contributed by atoms with Crippen LogP contribution in [0.4, 0.5) is 4.39 Å². The summed E-state index contributed by atoms with van der Waals surface area (Å²) < 4.78 is 14.6. The van der Waals surface area contributed by atoms with Gasteiger partial charge in [0.1, 0.15) is 5.82 Å². The molecule has 0 spiro atoms. The molecule has 0 saturated heterocycles. The number of hydrogen-bond donors (Lipinski definition) is 1. The van der Waals surface area contributed by atoms with E-state index in [1.165, 1.54) is 20.3 Å². The molecule has 1 aromatic carbocycles. The SMILES string of the molecule is CCNC(Cc1cc(F)ccc1C)c1cc(C)c(Br)s1. The molecule has 0 saturated carbocycles. The minimum Gasteiger partial charge on any atom is -0.309 e. The van der Waals surface area contributed by atoms with Crippen molar-refractivity contribution in [1.82, 2.24) is 5.32 Å². The zero-order valence-corrected chi connectivity index (χ0v) is 14.4. The molecule has 1 aromatic heterocycles. The summed E-state index contributed by atoms with van der Waals surface area (Å²) in [6.45, 7) is 7.13. The van der Waals surface area contributed by atoms with Crippen molar-refractivity contribution in [2.45, 2.75) is 33.2 Å². The molecular formula is C16H19BrFNS. The molecule has 0 aliphatic rings. The fourth-order valence-corrected chi connectivity index (χ4v) is 3.90. The molecule has 1 atom stereocenters. The predicted octanol–water partition coefficient (Wildman–Crippen LogP) is 5.16. The molecule has 108 valence electrons. The summed E-state index contributed by atoms with van der Waals surface area (Å²) in [7, 11) is 0. The lowest BCUT2D eigenvalue weighted by molar-refractivity contribution is 0.553. The average molecular weight is 356 g/mol. The van der Waals surface area contributed by atoms with Crippen LogP contribution in [0, 0.1) is 19.7 Å². The van der Waals surface area contributed by atoms with E-state index in [0.717, 1.165) is 24.1 Å². The Morgan fingerprint density at radius 1 is 1.25 bits per heavy atom. The van der Waals surface area contributed by atoms with Crippen molar-refractivity contribution < 1.29 is 4.39 Å². The highest BCUT2D eigenvalue weighted by Crippen LogP contribution is 2.33. The van der Waals surface area contributed by atoms with Gasteiger partial charge in [-0.25, -0.2) is 4.39 Å². The van der Waals surface area contributed by atoms with E-state index in [-0.39, 0.29) is 11.9 Å². The fourth-order valence-electron chi connectivity index (χ4n) is 2.25. The van der Waals surface area contributed by atoms with Crippen LogP contribution in [0.5, 0.6) is 0 Å². The highest BCUT2D eigenvalue weighted by atomic mass is 79.9. The van der Waals surface area contributed by atoms with Gasteiger partial charge in [0.05, 0.1) is 3.79 Å². The monoisotopic (exact) mass is 355 g/mol. The van der Waals surface area contributed by atoms with E-state index in [4.69, 9.17) is 0 Å². The van der Waals surface area contributed by atoms with Crippen LogP contribution in [0.15, 0.2) is 28.1 Å². The van der Waals surface area contributed by atoms with E-state index >= 15 is 0 Å². The Labute approximate surface area is 132 Å². The number of nitrogens with one attached hydrogen (secondary N) is 1. The summed E-state index contributed by atoms with van der Waals surface area (Å²) in [5.74, 6) is -0.163. The number of halogens is 2. The van der Waals surface area contributed by atoms with Gasteiger partial charge in [0, 0.05) is 10.9 Å². The van der Waals surface area contributed by atoms with Gasteiger partial charge < -0.3 is 5.32 Å². The Bertz CT molecular complexity index is 575. The van der Waals surface area contributed by atoms with Crippen LogP contribution in [-0.2, 0) is 6.42 Å². The minimum atomic E-state index is -0.163. The van der Waals surface area contributed by atoms with Crippen LogP contribution >= 0.6 is 27.3 Å². The van der Waals surface area contributed by atoms with E-state index < -0.39 is 0 Å². The summed E-state index contributed by atoms with van der Waals surface area (Å²) in [5, 5.41) is 3.50. The molecule has 1 nitrogen and oxygen atoms in total. The average Bonchev–Trinajstić information content (AvgIpc) is 2.73. The summed E-state index contributed by atoms with van der Waals surface area (Å²) in [5.41, 5.74) is 3.46. The van der Waals surface area contributed by atoms with Gasteiger partial charge >= 0.3 is 0 Å². The first kappa shape index (κ1) is 15.7. The van der Waals surface area contributed by atoms with Gasteiger partial charge in [-0.2, -0.15) is 0 Å². The van der Waals surface area contributed by atoms with Gasteiger partial charge in [-0.1, -0.05) is 13.0 Å². The molecule has 1 N–H and O–H groups in total. The zero-order valence-electron chi connectivity index (χ0n) is 12.0. The Morgan fingerprint density at radius 3 is 2.60 bits per heavy atom. The van der Waals surface area contributed by atoms with Crippen LogP contribution in [0.25, 0.3) is 0 Å². The Kier molecular flexibility index (Phi) is 5.35. The highest BCUT2D eigenvalue weighted by molar-refractivity contribution is 9.11. The lowest BCUT2D eigenvalue weighted by Crippen LogP contribution is -2.22. The summed E-state index contributed by atoms with van der Waals surface area (Å²) in [6.07, 6.45) is 0.809. The largest absolute Gasteiger partial charge is 0.309 e. The molecule has 0 aliphatic heterocycles. The number of likely N-dealkylation sites (N-methyl/N-ethyl adjacent to an activating group) is 1. The van der Waals surface area contributed by atoms with Gasteiger partial charge in [-0.05, 0) is 77.6 Å². The van der Waals surface area contributed by atoms with Crippen molar-refractivity contribution in [2.24, 2.45) is 0 Å². The third kappa shape index (κ3) is 3.68. The van der Waals surface area contributed by atoms with Gasteiger partial charge in [0.15, 0.2) is 0 Å². The Hall–Kier alpha value is -0.710. The highest BCUT2D eigenvalue weighted by Gasteiger charge is 2.16. The summed E-state index contributed by atoms with van der Waals surface area (Å²) >= 11 is 5.33. The zero-order chi connectivity index (χ0) is 14.7. The van der Waals surface area contributed by atoms with Gasteiger partial charge in [0.2, 0.25) is 0 Å². The number of thiophene rings is 1. The normalized spacial score (nSPS) is 12.7. The molecule has 20 heavy (non-hydrogen) atoms. The van der Waals surface area contributed by atoms with Crippen LogP contribution in [0.1, 0.15) is 34.5 Å². The molecular weight excluding hydrogens is 337 g/mol. The third-order valence-electron chi connectivity index (χ3n) is 3.41. The van der Waals surface area contributed by atoms with E-state index in [1.54, 1.807) is 17.4 Å². The van der Waals surface area contributed by atoms with Gasteiger partial charge in [0.25, 0.3) is 0 Å². The second-order valence-corrected chi connectivity index (χ2v) is 7.39. The standard InChI is InChI=1S/C16H19BrFNS/c1-4-19-14(15-7-11(3)16(17)20-15)9-12-8-13(18)6-5-10(12)2/h5-8,14,19H,4,9H2,1-3H3. The van der Waals surface area contributed by atoms with Crippen LogP contribution in [0.3, 0.4) is 0 Å². The Morgan fingerprint density at radius 2 is 2.00 bits per heavy atom. The number of benzene rings is 1.